The van der Waals surface area contributed by atoms with Crippen LogP contribution in [0.5, 0.6) is 5.75 Å². The number of hydrogen-bond donors (Lipinski definition) is 1. The molecule has 7 nitrogen and oxygen atoms in total. The Morgan fingerprint density at radius 3 is 2.82 bits per heavy atom. The van der Waals surface area contributed by atoms with Gasteiger partial charge in [-0.2, -0.15) is 13.2 Å². The Labute approximate surface area is 188 Å². The predicted molar refractivity (Wildman–Crippen MR) is 117 cm³/mol. The number of carbonyl (C=O) groups excluding carboxylic acids is 1. The Morgan fingerprint density at radius 2 is 2.00 bits per heavy atom. The molecule has 10 heteroatoms. The Hall–Kier alpha value is -3.11. The smallest absolute Gasteiger partial charge is 0.417 e. The summed E-state index contributed by atoms with van der Waals surface area (Å²) >= 11 is 0. The molecule has 4 heterocycles. The molecule has 2 aliphatic rings. The number of halogens is 3. The number of hydrogen-bond acceptors (Lipinski definition) is 5. The molecule has 0 radical (unpaired) electrons. The van der Waals surface area contributed by atoms with Gasteiger partial charge in [-0.15, -0.1) is 0 Å². The van der Waals surface area contributed by atoms with E-state index in [1.165, 1.54) is 11.0 Å². The lowest BCUT2D eigenvalue weighted by Gasteiger charge is -2.26. The average molecular weight is 459 g/mol. The topological polar surface area (TPSA) is 62.1 Å². The number of nitrogens with zero attached hydrogens (tertiary/aromatic N) is 4. The van der Waals surface area contributed by atoms with Crippen LogP contribution < -0.4 is 15.0 Å². The lowest BCUT2D eigenvalue weighted by Crippen LogP contribution is -2.35. The summed E-state index contributed by atoms with van der Waals surface area (Å²) in [6, 6.07) is 7.88. The van der Waals surface area contributed by atoms with Crippen molar-refractivity contribution in [3.8, 4) is 17.0 Å². The first-order valence-corrected chi connectivity index (χ1v) is 10.9. The number of likely N-dealkylation sites (N-methyl/N-ethyl adjacent to an activating group) is 1. The number of fused-ring (bicyclic) bond motifs is 2. The number of benzene rings is 1. The van der Waals surface area contributed by atoms with Crippen molar-refractivity contribution in [2.45, 2.75) is 19.1 Å². The molecule has 33 heavy (non-hydrogen) atoms. The summed E-state index contributed by atoms with van der Waals surface area (Å²) in [5.41, 5.74) is 2.34. The SMILES string of the molecule is CN1C(=O)COc2ccc(-c3nc4ccc(C(F)(F)F)cn4c3CN3CCCNCC3)cc21. The number of rotatable bonds is 3. The van der Waals surface area contributed by atoms with Crippen molar-refractivity contribution in [1.29, 1.82) is 0 Å². The Morgan fingerprint density at radius 1 is 1.15 bits per heavy atom. The van der Waals surface area contributed by atoms with Gasteiger partial charge in [-0.1, -0.05) is 0 Å². The van der Waals surface area contributed by atoms with Gasteiger partial charge in [0.05, 0.1) is 22.6 Å². The van der Waals surface area contributed by atoms with Crippen LogP contribution >= 0.6 is 0 Å². The summed E-state index contributed by atoms with van der Waals surface area (Å²) in [4.78, 5) is 20.6. The van der Waals surface area contributed by atoms with E-state index in [1.54, 1.807) is 17.5 Å². The van der Waals surface area contributed by atoms with Crippen molar-refractivity contribution in [2.75, 3.05) is 44.7 Å². The number of pyridine rings is 1. The number of amides is 1. The Bertz CT molecular complexity index is 1200. The van der Waals surface area contributed by atoms with E-state index in [4.69, 9.17) is 9.72 Å². The van der Waals surface area contributed by atoms with E-state index >= 15 is 0 Å². The van der Waals surface area contributed by atoms with Crippen LogP contribution in [0.3, 0.4) is 0 Å². The first-order chi connectivity index (χ1) is 15.8. The van der Waals surface area contributed by atoms with Crippen molar-refractivity contribution < 1.29 is 22.7 Å². The van der Waals surface area contributed by atoms with Crippen molar-refractivity contribution in [3.05, 3.63) is 47.8 Å². The second-order valence-electron chi connectivity index (χ2n) is 8.35. The molecule has 0 unspecified atom stereocenters. The summed E-state index contributed by atoms with van der Waals surface area (Å²) in [6.45, 7) is 3.81. The fourth-order valence-corrected chi connectivity index (χ4v) is 4.33. The highest BCUT2D eigenvalue weighted by molar-refractivity contribution is 5.98. The van der Waals surface area contributed by atoms with Crippen molar-refractivity contribution in [1.82, 2.24) is 19.6 Å². The van der Waals surface area contributed by atoms with Gasteiger partial charge in [0.15, 0.2) is 6.61 Å². The van der Waals surface area contributed by atoms with Crippen molar-refractivity contribution in [3.63, 3.8) is 0 Å². The standard InChI is InChI=1S/C23H24F3N5O2/c1-29-17-11-15(3-5-19(17)33-14-21(29)32)22-18(13-30-9-2-7-27-8-10-30)31-12-16(23(24,25)26)4-6-20(31)28-22/h3-6,11-12,27H,2,7-10,13-14H2,1H3. The van der Waals surface area contributed by atoms with E-state index in [1.807, 2.05) is 12.1 Å². The molecule has 1 aromatic carbocycles. The number of carbonyl (C=O) groups is 1. The molecular weight excluding hydrogens is 435 g/mol. The molecule has 5 rings (SSSR count). The summed E-state index contributed by atoms with van der Waals surface area (Å²) in [5.74, 6) is 0.422. The number of imidazole rings is 1. The molecule has 0 saturated carbocycles. The zero-order chi connectivity index (χ0) is 23.2. The quantitative estimate of drug-likeness (QED) is 0.652. The van der Waals surface area contributed by atoms with Crippen LogP contribution in [0.2, 0.25) is 0 Å². The summed E-state index contributed by atoms with van der Waals surface area (Å²) in [6.07, 6.45) is -2.37. The van der Waals surface area contributed by atoms with E-state index in [9.17, 15) is 18.0 Å². The van der Waals surface area contributed by atoms with Gasteiger partial charge in [-0.25, -0.2) is 4.98 Å². The minimum atomic E-state index is -4.45. The van der Waals surface area contributed by atoms with Crippen LogP contribution in [-0.4, -0.2) is 60.0 Å². The van der Waals surface area contributed by atoms with Crippen LogP contribution in [0.15, 0.2) is 36.5 Å². The lowest BCUT2D eigenvalue weighted by molar-refractivity contribution is -0.137. The highest BCUT2D eigenvalue weighted by atomic mass is 19.4. The van der Waals surface area contributed by atoms with Gasteiger partial charge in [0, 0.05) is 38.4 Å². The molecule has 0 bridgehead atoms. The molecule has 0 aliphatic carbocycles. The molecule has 1 N–H and O–H groups in total. The van der Waals surface area contributed by atoms with Crippen LogP contribution in [0.25, 0.3) is 16.9 Å². The molecular formula is C23H24F3N5O2. The maximum Gasteiger partial charge on any atom is 0.417 e. The van der Waals surface area contributed by atoms with Gasteiger partial charge in [0.2, 0.25) is 0 Å². The molecule has 3 aromatic rings. The number of aromatic nitrogens is 2. The largest absolute Gasteiger partial charge is 0.482 e. The average Bonchev–Trinajstić information content (AvgIpc) is 2.95. The fourth-order valence-electron chi connectivity index (χ4n) is 4.33. The first kappa shape index (κ1) is 21.7. The highest BCUT2D eigenvalue weighted by Gasteiger charge is 2.32. The Balaban J connectivity index is 1.64. The van der Waals surface area contributed by atoms with Crippen LogP contribution in [0.4, 0.5) is 18.9 Å². The normalized spacial score (nSPS) is 17.7. The summed E-state index contributed by atoms with van der Waals surface area (Å²) < 4.78 is 47.4. The Kier molecular flexibility index (Phi) is 5.49. The van der Waals surface area contributed by atoms with Crippen LogP contribution in [0, 0.1) is 0 Å². The van der Waals surface area contributed by atoms with E-state index in [0.717, 1.165) is 50.4 Å². The van der Waals surface area contributed by atoms with Crippen molar-refractivity contribution in [2.24, 2.45) is 0 Å². The summed E-state index contributed by atoms with van der Waals surface area (Å²) in [7, 11) is 1.68. The third kappa shape index (κ3) is 4.16. The second kappa shape index (κ2) is 8.35. The molecule has 2 aliphatic heterocycles. The molecule has 0 atom stereocenters. The van der Waals surface area contributed by atoms with E-state index in [2.05, 4.69) is 10.2 Å². The molecule has 1 amide bonds. The molecule has 1 fully saturated rings. The second-order valence-corrected chi connectivity index (χ2v) is 8.35. The van der Waals surface area contributed by atoms with Crippen molar-refractivity contribution >= 4 is 17.2 Å². The lowest BCUT2D eigenvalue weighted by atomic mass is 10.1. The predicted octanol–water partition coefficient (Wildman–Crippen LogP) is 3.17. The summed E-state index contributed by atoms with van der Waals surface area (Å²) in [5, 5.41) is 3.35. The first-order valence-electron chi connectivity index (χ1n) is 10.9. The fraction of sp³-hybridized carbons (Fsp3) is 0.391. The minimum absolute atomic E-state index is 0.0221. The number of anilines is 1. The van der Waals surface area contributed by atoms with Gasteiger partial charge in [-0.05, 0) is 49.8 Å². The molecule has 1 saturated heterocycles. The van der Waals surface area contributed by atoms with E-state index in [-0.39, 0.29) is 12.5 Å². The maximum atomic E-state index is 13.5. The van der Waals surface area contributed by atoms with Gasteiger partial charge < -0.3 is 19.4 Å². The molecule has 174 valence electrons. The number of alkyl halides is 3. The number of ether oxygens (including phenoxy) is 1. The zero-order valence-electron chi connectivity index (χ0n) is 18.2. The zero-order valence-corrected chi connectivity index (χ0v) is 18.2. The van der Waals surface area contributed by atoms with Gasteiger partial charge >= 0.3 is 6.18 Å². The molecule has 0 spiro atoms. The van der Waals surface area contributed by atoms with Gasteiger partial charge in [0.1, 0.15) is 11.4 Å². The highest BCUT2D eigenvalue weighted by Crippen LogP contribution is 2.37. The number of nitrogens with one attached hydrogen (secondary N) is 1. The monoisotopic (exact) mass is 459 g/mol. The van der Waals surface area contributed by atoms with Crippen LogP contribution in [-0.2, 0) is 17.5 Å². The van der Waals surface area contributed by atoms with E-state index in [0.29, 0.717) is 35.0 Å². The maximum absolute atomic E-state index is 13.5. The molecule has 2 aromatic heterocycles. The third-order valence-electron chi connectivity index (χ3n) is 6.17. The third-order valence-corrected chi connectivity index (χ3v) is 6.17. The van der Waals surface area contributed by atoms with Crippen LogP contribution in [0.1, 0.15) is 17.7 Å². The minimum Gasteiger partial charge on any atom is -0.482 e. The van der Waals surface area contributed by atoms with Gasteiger partial charge in [0.25, 0.3) is 5.91 Å². The van der Waals surface area contributed by atoms with E-state index < -0.39 is 11.7 Å². The van der Waals surface area contributed by atoms with Gasteiger partial charge in [-0.3, -0.25) is 9.69 Å².